The summed E-state index contributed by atoms with van der Waals surface area (Å²) in [6.07, 6.45) is 2.31. The highest BCUT2D eigenvalue weighted by molar-refractivity contribution is 5.73. The summed E-state index contributed by atoms with van der Waals surface area (Å²) < 4.78 is 0. The Bertz CT molecular complexity index is 161. The summed E-state index contributed by atoms with van der Waals surface area (Å²) in [5.74, 6) is 0.612. The lowest BCUT2D eigenvalue weighted by Gasteiger charge is -2.30. The number of nitrogens with zero attached hydrogens (tertiary/aromatic N) is 1. The SMILES string of the molecule is CONC(=O)N1CCCC(C)C1. The largest absolute Gasteiger partial charge is 0.341 e. The fourth-order valence-electron chi connectivity index (χ4n) is 1.53. The van der Waals surface area contributed by atoms with Gasteiger partial charge in [-0.25, -0.2) is 10.3 Å². The minimum absolute atomic E-state index is 0.121. The van der Waals surface area contributed by atoms with Gasteiger partial charge < -0.3 is 4.90 Å². The van der Waals surface area contributed by atoms with Crippen molar-refractivity contribution in [3.05, 3.63) is 0 Å². The average molecular weight is 172 g/mol. The van der Waals surface area contributed by atoms with E-state index in [1.54, 1.807) is 4.90 Å². The van der Waals surface area contributed by atoms with E-state index >= 15 is 0 Å². The molecule has 0 aliphatic carbocycles. The van der Waals surface area contributed by atoms with Gasteiger partial charge in [-0.3, -0.25) is 4.84 Å². The van der Waals surface area contributed by atoms with Crippen LogP contribution in [0.3, 0.4) is 0 Å². The first-order valence-electron chi connectivity index (χ1n) is 4.32. The van der Waals surface area contributed by atoms with Crippen LogP contribution in [0.1, 0.15) is 19.8 Å². The maximum absolute atomic E-state index is 11.2. The van der Waals surface area contributed by atoms with E-state index in [4.69, 9.17) is 0 Å². The molecule has 1 heterocycles. The van der Waals surface area contributed by atoms with E-state index in [-0.39, 0.29) is 6.03 Å². The van der Waals surface area contributed by atoms with Crippen LogP contribution in [0.15, 0.2) is 0 Å². The number of hydrogen-bond donors (Lipinski definition) is 1. The van der Waals surface area contributed by atoms with Gasteiger partial charge in [0.2, 0.25) is 0 Å². The third-order valence-electron chi connectivity index (χ3n) is 2.13. The second kappa shape index (κ2) is 4.30. The summed E-state index contributed by atoms with van der Waals surface area (Å²) in [4.78, 5) is 17.6. The zero-order valence-corrected chi connectivity index (χ0v) is 7.67. The third kappa shape index (κ3) is 2.37. The highest BCUT2D eigenvalue weighted by Gasteiger charge is 2.20. The molecule has 1 atom stereocenters. The van der Waals surface area contributed by atoms with Crippen LogP contribution in [-0.4, -0.2) is 31.1 Å². The van der Waals surface area contributed by atoms with Gasteiger partial charge in [0, 0.05) is 13.1 Å². The number of carbonyl (C=O) groups excluding carboxylic acids is 1. The number of piperidine rings is 1. The monoisotopic (exact) mass is 172 g/mol. The number of urea groups is 1. The number of rotatable bonds is 1. The van der Waals surface area contributed by atoms with Crippen LogP contribution in [0.4, 0.5) is 4.79 Å². The second-order valence-electron chi connectivity index (χ2n) is 3.30. The summed E-state index contributed by atoms with van der Waals surface area (Å²) >= 11 is 0. The number of hydroxylamine groups is 1. The summed E-state index contributed by atoms with van der Waals surface area (Å²) in [6, 6.07) is -0.121. The molecule has 1 aliphatic heterocycles. The normalized spacial score (nSPS) is 23.8. The average Bonchev–Trinajstić information content (AvgIpc) is 2.05. The predicted molar refractivity (Wildman–Crippen MR) is 45.5 cm³/mol. The number of nitrogens with one attached hydrogen (secondary N) is 1. The molecule has 4 heteroatoms. The van der Waals surface area contributed by atoms with Gasteiger partial charge in [-0.1, -0.05) is 6.92 Å². The molecule has 0 spiro atoms. The van der Waals surface area contributed by atoms with Crippen molar-refractivity contribution in [1.82, 2.24) is 10.4 Å². The first-order chi connectivity index (χ1) is 5.74. The molecule has 1 aliphatic rings. The minimum atomic E-state index is -0.121. The molecule has 12 heavy (non-hydrogen) atoms. The van der Waals surface area contributed by atoms with Crippen LogP contribution in [0, 0.1) is 5.92 Å². The van der Waals surface area contributed by atoms with E-state index in [0.29, 0.717) is 5.92 Å². The van der Waals surface area contributed by atoms with Crippen LogP contribution in [-0.2, 0) is 4.84 Å². The number of likely N-dealkylation sites (tertiary alicyclic amines) is 1. The lowest BCUT2D eigenvalue weighted by Crippen LogP contribution is -2.44. The minimum Gasteiger partial charge on any atom is -0.323 e. The fourth-order valence-corrected chi connectivity index (χ4v) is 1.53. The van der Waals surface area contributed by atoms with Crippen molar-refractivity contribution in [1.29, 1.82) is 0 Å². The van der Waals surface area contributed by atoms with Crippen molar-refractivity contribution in [2.24, 2.45) is 5.92 Å². The van der Waals surface area contributed by atoms with Crippen molar-refractivity contribution < 1.29 is 9.63 Å². The number of carbonyl (C=O) groups is 1. The molecule has 1 unspecified atom stereocenters. The summed E-state index contributed by atoms with van der Waals surface area (Å²) in [5.41, 5.74) is 2.32. The number of amides is 2. The van der Waals surface area contributed by atoms with Crippen molar-refractivity contribution >= 4 is 6.03 Å². The molecule has 2 amide bonds. The molecule has 0 aromatic heterocycles. The molecular formula is C8H16N2O2. The Morgan fingerprint density at radius 2 is 2.42 bits per heavy atom. The van der Waals surface area contributed by atoms with Gasteiger partial charge >= 0.3 is 6.03 Å². The van der Waals surface area contributed by atoms with E-state index in [2.05, 4.69) is 17.2 Å². The first kappa shape index (κ1) is 9.32. The van der Waals surface area contributed by atoms with Crippen molar-refractivity contribution in [2.75, 3.05) is 20.2 Å². The summed E-state index contributed by atoms with van der Waals surface area (Å²) in [6.45, 7) is 3.85. The van der Waals surface area contributed by atoms with Crippen LogP contribution >= 0.6 is 0 Å². The molecule has 0 saturated carbocycles. The van der Waals surface area contributed by atoms with Crippen LogP contribution in [0.5, 0.6) is 0 Å². The maximum atomic E-state index is 11.2. The molecule has 0 aromatic rings. The van der Waals surface area contributed by atoms with E-state index in [1.807, 2.05) is 0 Å². The maximum Gasteiger partial charge on any atom is 0.341 e. The third-order valence-corrected chi connectivity index (χ3v) is 2.13. The van der Waals surface area contributed by atoms with Crippen LogP contribution < -0.4 is 5.48 Å². The van der Waals surface area contributed by atoms with Gasteiger partial charge in [0.05, 0.1) is 7.11 Å². The molecule has 0 aromatic carbocycles. The summed E-state index contributed by atoms with van der Waals surface area (Å²) in [5, 5.41) is 0. The smallest absolute Gasteiger partial charge is 0.323 e. The molecular weight excluding hydrogens is 156 g/mol. The Hall–Kier alpha value is -0.770. The molecule has 1 N–H and O–H groups in total. The Morgan fingerprint density at radius 3 is 3.00 bits per heavy atom. The lowest BCUT2D eigenvalue weighted by molar-refractivity contribution is 0.0783. The van der Waals surface area contributed by atoms with Crippen LogP contribution in [0.2, 0.25) is 0 Å². The quantitative estimate of drug-likeness (QED) is 0.599. The van der Waals surface area contributed by atoms with E-state index in [0.717, 1.165) is 19.5 Å². The highest BCUT2D eigenvalue weighted by atomic mass is 16.6. The molecule has 1 saturated heterocycles. The molecule has 0 bridgehead atoms. The van der Waals surface area contributed by atoms with E-state index in [1.165, 1.54) is 13.5 Å². The van der Waals surface area contributed by atoms with Gasteiger partial charge in [-0.2, -0.15) is 0 Å². The van der Waals surface area contributed by atoms with Crippen molar-refractivity contribution in [3.63, 3.8) is 0 Å². The molecule has 0 radical (unpaired) electrons. The Balaban J connectivity index is 2.35. The van der Waals surface area contributed by atoms with E-state index < -0.39 is 0 Å². The number of hydrogen-bond acceptors (Lipinski definition) is 2. The Kier molecular flexibility index (Phi) is 3.34. The zero-order valence-electron chi connectivity index (χ0n) is 7.67. The fraction of sp³-hybridized carbons (Fsp3) is 0.875. The Morgan fingerprint density at radius 1 is 1.67 bits per heavy atom. The first-order valence-corrected chi connectivity index (χ1v) is 4.32. The molecule has 1 fully saturated rings. The molecule has 1 rings (SSSR count). The second-order valence-corrected chi connectivity index (χ2v) is 3.30. The lowest BCUT2D eigenvalue weighted by atomic mass is 10.0. The topological polar surface area (TPSA) is 41.6 Å². The Labute approximate surface area is 72.8 Å². The predicted octanol–water partition coefficient (Wildman–Crippen LogP) is 0.989. The van der Waals surface area contributed by atoms with E-state index in [9.17, 15) is 4.79 Å². The van der Waals surface area contributed by atoms with Gasteiger partial charge in [-0.05, 0) is 18.8 Å². The van der Waals surface area contributed by atoms with Crippen molar-refractivity contribution in [3.8, 4) is 0 Å². The zero-order chi connectivity index (χ0) is 8.97. The van der Waals surface area contributed by atoms with Gasteiger partial charge in [0.15, 0.2) is 0 Å². The van der Waals surface area contributed by atoms with Crippen LogP contribution in [0.25, 0.3) is 0 Å². The molecule has 70 valence electrons. The highest BCUT2D eigenvalue weighted by Crippen LogP contribution is 2.14. The standard InChI is InChI=1S/C8H16N2O2/c1-7-4-3-5-10(6-7)8(11)9-12-2/h7H,3-6H2,1-2H3,(H,9,11). The van der Waals surface area contributed by atoms with Gasteiger partial charge in [0.1, 0.15) is 0 Å². The van der Waals surface area contributed by atoms with Gasteiger partial charge in [0.25, 0.3) is 0 Å². The van der Waals surface area contributed by atoms with Gasteiger partial charge in [-0.15, -0.1) is 0 Å². The molecule has 4 nitrogen and oxygen atoms in total. The summed E-state index contributed by atoms with van der Waals surface area (Å²) in [7, 11) is 1.45. The van der Waals surface area contributed by atoms with Crippen molar-refractivity contribution in [2.45, 2.75) is 19.8 Å².